The third kappa shape index (κ3) is 6.68. The minimum absolute atomic E-state index is 0. The van der Waals surface area contributed by atoms with Gasteiger partial charge in [0, 0.05) is 34.5 Å². The quantitative estimate of drug-likeness (QED) is 0.109. The van der Waals surface area contributed by atoms with Crippen LogP contribution in [0.15, 0.2) is 85.1 Å². The maximum atomic E-state index is 6.46. The molecule has 0 fully saturated rings. The molecule has 6 heteroatoms. The molecule has 0 spiro atoms. The number of aromatic nitrogens is 4. The molecular weight excluding hydrogens is 707 g/mol. The predicted octanol–water partition coefficient (Wildman–Crippen LogP) is 11.4. The number of rotatable bonds is 9. The average molecular weight is 751 g/mol. The molecular formula is C44H44N4OPd. The molecule has 0 radical (unpaired) electrons. The van der Waals surface area contributed by atoms with Crippen LogP contribution in [-0.2, 0) is 26.8 Å². The van der Waals surface area contributed by atoms with Gasteiger partial charge in [0.15, 0.2) is 0 Å². The molecule has 3 heterocycles. The van der Waals surface area contributed by atoms with Crippen LogP contribution < -0.4 is 4.74 Å². The van der Waals surface area contributed by atoms with Crippen LogP contribution in [0.1, 0.15) is 73.7 Å². The van der Waals surface area contributed by atoms with E-state index in [0.717, 1.165) is 63.1 Å². The Morgan fingerprint density at radius 2 is 1.56 bits per heavy atom. The summed E-state index contributed by atoms with van der Waals surface area (Å²) >= 11 is 0. The number of aryl methyl sites for hydroxylation is 4. The fraction of sp³-hybridized carbons (Fsp3) is 0.273. The Labute approximate surface area is 310 Å². The van der Waals surface area contributed by atoms with E-state index in [4.69, 9.17) is 14.8 Å². The number of hydrogen-bond acceptors (Lipinski definition) is 3. The monoisotopic (exact) mass is 750 g/mol. The van der Waals surface area contributed by atoms with Crippen molar-refractivity contribution in [2.24, 2.45) is 5.92 Å². The van der Waals surface area contributed by atoms with Gasteiger partial charge in [-0.05, 0) is 109 Å². The summed E-state index contributed by atoms with van der Waals surface area (Å²) in [6.45, 7) is 17.8. The minimum atomic E-state index is 0. The summed E-state index contributed by atoms with van der Waals surface area (Å²) < 4.78 is 10.6. The second kappa shape index (κ2) is 14.4. The third-order valence-electron chi connectivity index (χ3n) is 9.53. The Bertz CT molecular complexity index is 2330. The van der Waals surface area contributed by atoms with Crippen LogP contribution in [0.5, 0.6) is 11.5 Å². The number of pyridine rings is 1. The first-order chi connectivity index (χ1) is 23.6. The molecule has 0 unspecified atom stereocenters. The molecule has 0 atom stereocenters. The molecule has 256 valence electrons. The summed E-state index contributed by atoms with van der Waals surface area (Å²) in [6, 6.07) is 34.4. The number of para-hydroxylation sites is 1. The Morgan fingerprint density at radius 3 is 2.32 bits per heavy atom. The van der Waals surface area contributed by atoms with Crippen LogP contribution >= 0.6 is 0 Å². The van der Waals surface area contributed by atoms with Crippen LogP contribution in [0, 0.1) is 45.7 Å². The molecule has 0 aliphatic rings. The minimum Gasteiger partial charge on any atom is -0.509 e. The van der Waals surface area contributed by atoms with Gasteiger partial charge in [0.1, 0.15) is 5.82 Å². The Hall–Kier alpha value is -4.50. The molecule has 7 rings (SSSR count). The first-order valence-corrected chi connectivity index (χ1v) is 17.4. The van der Waals surface area contributed by atoms with E-state index in [1.165, 1.54) is 27.8 Å². The van der Waals surface area contributed by atoms with Gasteiger partial charge in [-0.1, -0.05) is 63.5 Å². The number of nitrogens with zero attached hydrogens (tertiary/aromatic N) is 4. The van der Waals surface area contributed by atoms with Crippen molar-refractivity contribution < 1.29 is 25.2 Å². The summed E-state index contributed by atoms with van der Waals surface area (Å²) in [7, 11) is 0. The van der Waals surface area contributed by atoms with Crippen LogP contribution in [0.25, 0.3) is 44.4 Å². The molecule has 50 heavy (non-hydrogen) atoms. The van der Waals surface area contributed by atoms with Crippen molar-refractivity contribution in [3.8, 4) is 34.1 Å². The van der Waals surface area contributed by atoms with Crippen molar-refractivity contribution in [1.29, 1.82) is 0 Å². The van der Waals surface area contributed by atoms with Crippen molar-refractivity contribution >= 4 is 21.8 Å². The van der Waals surface area contributed by atoms with E-state index in [1.54, 1.807) is 0 Å². The molecule has 3 aromatic heterocycles. The molecule has 0 aliphatic carbocycles. The summed E-state index contributed by atoms with van der Waals surface area (Å²) in [5, 5.41) is 7.32. The van der Waals surface area contributed by atoms with Gasteiger partial charge in [-0.2, -0.15) is 17.2 Å². The third-order valence-corrected chi connectivity index (χ3v) is 9.53. The number of ether oxygens (including phenoxy) is 1. The van der Waals surface area contributed by atoms with E-state index in [2.05, 4.69) is 121 Å². The summed E-state index contributed by atoms with van der Waals surface area (Å²) in [4.78, 5) is 4.71. The van der Waals surface area contributed by atoms with Gasteiger partial charge in [0.25, 0.3) is 0 Å². The number of fused-ring (bicyclic) bond motifs is 3. The van der Waals surface area contributed by atoms with E-state index >= 15 is 0 Å². The number of hydrogen-bond donors (Lipinski definition) is 0. The fourth-order valence-corrected chi connectivity index (χ4v) is 7.01. The molecule has 0 aliphatic heterocycles. The van der Waals surface area contributed by atoms with E-state index in [1.807, 2.05) is 41.2 Å². The van der Waals surface area contributed by atoms with Gasteiger partial charge in [-0.3, -0.25) is 4.68 Å². The van der Waals surface area contributed by atoms with Crippen LogP contribution in [0.2, 0.25) is 0 Å². The van der Waals surface area contributed by atoms with Gasteiger partial charge >= 0.3 is 20.4 Å². The van der Waals surface area contributed by atoms with Gasteiger partial charge < -0.3 is 9.30 Å². The standard InChI is InChI=1S/C44H44N4O.Pd/c1-27(2)16-17-33-24-34(28(3)4)23-30(6)43(33)44-31(7)46-48(32(44)8)35-12-11-13-36(25-35)49-37-18-19-39-38-14-9-10-15-40(38)47(41(39)26-37)42-22-29(5)20-21-45-42;/h9-15,18-24,27-28H,16-17H2,1-8H3;/q-2;+2. The number of benzene rings is 4. The van der Waals surface area contributed by atoms with E-state index < -0.39 is 0 Å². The normalized spacial score (nSPS) is 11.6. The summed E-state index contributed by atoms with van der Waals surface area (Å²) in [6.07, 6.45) is 4.05. The zero-order chi connectivity index (χ0) is 34.4. The van der Waals surface area contributed by atoms with Gasteiger partial charge in [-0.25, -0.2) is 4.98 Å². The zero-order valence-corrected chi connectivity index (χ0v) is 31.7. The second-order valence-electron chi connectivity index (χ2n) is 14.0. The fourth-order valence-electron chi connectivity index (χ4n) is 7.01. The molecule has 7 aromatic rings. The van der Waals surface area contributed by atoms with Crippen molar-refractivity contribution in [2.75, 3.05) is 0 Å². The topological polar surface area (TPSA) is 44.9 Å². The molecule has 0 N–H and O–H groups in total. The van der Waals surface area contributed by atoms with Gasteiger partial charge in [0.05, 0.1) is 5.69 Å². The smallest absolute Gasteiger partial charge is 0.509 e. The molecule has 0 amide bonds. The average Bonchev–Trinajstić information content (AvgIpc) is 3.56. The maximum Gasteiger partial charge on any atom is 2.00 e. The van der Waals surface area contributed by atoms with Crippen LogP contribution in [0.4, 0.5) is 0 Å². The Morgan fingerprint density at radius 1 is 0.780 bits per heavy atom. The predicted molar refractivity (Wildman–Crippen MR) is 202 cm³/mol. The van der Waals surface area contributed by atoms with Crippen molar-refractivity contribution in [1.82, 2.24) is 19.3 Å². The van der Waals surface area contributed by atoms with Crippen LogP contribution in [-0.4, -0.2) is 19.3 Å². The molecule has 4 aromatic carbocycles. The van der Waals surface area contributed by atoms with Crippen LogP contribution in [0.3, 0.4) is 0 Å². The first-order valence-electron chi connectivity index (χ1n) is 17.4. The van der Waals surface area contributed by atoms with E-state index in [0.29, 0.717) is 23.3 Å². The summed E-state index contributed by atoms with van der Waals surface area (Å²) in [5.74, 6) is 3.19. The molecule has 5 nitrogen and oxygen atoms in total. The molecule has 0 bridgehead atoms. The van der Waals surface area contributed by atoms with Crippen molar-refractivity contribution in [3.63, 3.8) is 0 Å². The first kappa shape index (κ1) is 35.3. The molecule has 0 saturated heterocycles. The van der Waals surface area contributed by atoms with Gasteiger partial charge in [0.2, 0.25) is 0 Å². The largest absolute Gasteiger partial charge is 2.00 e. The Kier molecular flexibility index (Phi) is 10.2. The SMILES string of the molecule is Cc1ccnc(-n2c3[c-]c(Oc4[c-]c(-n5nc(C)c(-c6c(C)cc(C(C)C)cc6CCC(C)C)c5C)ccc4)ccc3c3ccccc32)c1.[Pd+2]. The second-order valence-corrected chi connectivity index (χ2v) is 14.0. The maximum absolute atomic E-state index is 6.46. The van der Waals surface area contributed by atoms with E-state index in [9.17, 15) is 0 Å². The Balaban J connectivity index is 0.00000432. The summed E-state index contributed by atoms with van der Waals surface area (Å²) in [5.41, 5.74) is 12.7. The van der Waals surface area contributed by atoms with Crippen molar-refractivity contribution in [2.45, 2.75) is 74.1 Å². The van der Waals surface area contributed by atoms with E-state index in [-0.39, 0.29) is 20.4 Å². The molecule has 0 saturated carbocycles. The zero-order valence-electron chi connectivity index (χ0n) is 30.2. The van der Waals surface area contributed by atoms with Gasteiger partial charge in [-0.15, -0.1) is 35.7 Å². The van der Waals surface area contributed by atoms with Crippen molar-refractivity contribution in [3.05, 3.63) is 131 Å².